The van der Waals surface area contributed by atoms with Crippen LogP contribution >= 0.6 is 0 Å². The van der Waals surface area contributed by atoms with Crippen molar-refractivity contribution in [2.45, 2.75) is 70.9 Å². The topological polar surface area (TPSA) is 103 Å². The Morgan fingerprint density at radius 1 is 1.17 bits per heavy atom. The van der Waals surface area contributed by atoms with Crippen LogP contribution in [0.1, 0.15) is 70.3 Å². The molecule has 0 spiro atoms. The van der Waals surface area contributed by atoms with Crippen molar-refractivity contribution in [2.24, 2.45) is 0 Å². The van der Waals surface area contributed by atoms with Gasteiger partial charge in [-0.05, 0) is 76.8 Å². The Kier molecular flexibility index (Phi) is 4.73. The Morgan fingerprint density at radius 3 is 2.71 bits per heavy atom. The summed E-state index contributed by atoms with van der Waals surface area (Å²) in [6.45, 7) is 11.4. The summed E-state index contributed by atoms with van der Waals surface area (Å²) in [5.41, 5.74) is 4.76. The highest BCUT2D eigenvalue weighted by molar-refractivity contribution is 5.76. The fraction of sp³-hybridized carbons (Fsp3) is 0.462. The standard InChI is InChI=1S/C26H31N7O2/c1-15(2)32-22(34)18-13-27-23(29-17-6-7-19-16(12-17)8-11-28-25(19,3)4)31-21(18)33(32)24-30-20(14-35-24)26(5)9-10-26/h6-7,12-15,28H,8-11H2,1-5H3,(H,27,29,31). The molecule has 9 heteroatoms. The third-order valence-corrected chi connectivity index (χ3v) is 7.40. The Bertz CT molecular complexity index is 1500. The molecule has 0 atom stereocenters. The van der Waals surface area contributed by atoms with E-state index in [2.05, 4.69) is 48.5 Å². The van der Waals surface area contributed by atoms with Crippen molar-refractivity contribution < 1.29 is 4.42 Å². The number of hydrogen-bond acceptors (Lipinski definition) is 7. The first-order valence-electron chi connectivity index (χ1n) is 12.3. The Labute approximate surface area is 203 Å². The van der Waals surface area contributed by atoms with Crippen molar-refractivity contribution in [1.29, 1.82) is 0 Å². The molecule has 0 saturated heterocycles. The smallest absolute Gasteiger partial charge is 0.323 e. The average molecular weight is 474 g/mol. The molecule has 2 aliphatic rings. The second kappa shape index (κ2) is 7.52. The van der Waals surface area contributed by atoms with Crippen LogP contribution in [0, 0.1) is 0 Å². The van der Waals surface area contributed by atoms with Crippen LogP contribution in [0.25, 0.3) is 17.0 Å². The minimum atomic E-state index is -0.164. The number of anilines is 2. The minimum absolute atomic E-state index is 0.0518. The molecule has 1 aliphatic carbocycles. The summed E-state index contributed by atoms with van der Waals surface area (Å²) < 4.78 is 9.19. The first kappa shape index (κ1) is 22.0. The summed E-state index contributed by atoms with van der Waals surface area (Å²) in [5.74, 6) is 0.418. The van der Waals surface area contributed by atoms with Crippen LogP contribution in [0.3, 0.4) is 0 Å². The van der Waals surface area contributed by atoms with Gasteiger partial charge in [0.2, 0.25) is 5.95 Å². The molecule has 4 aromatic rings. The second-order valence-electron chi connectivity index (χ2n) is 10.9. The van der Waals surface area contributed by atoms with Gasteiger partial charge < -0.3 is 15.1 Å². The molecule has 0 bridgehead atoms. The molecule has 1 aliphatic heterocycles. The molecule has 1 saturated carbocycles. The van der Waals surface area contributed by atoms with Crippen LogP contribution < -0.4 is 16.2 Å². The normalized spacial score (nSPS) is 18.1. The molecule has 0 unspecified atom stereocenters. The Hall–Kier alpha value is -3.46. The van der Waals surface area contributed by atoms with Crippen molar-refractivity contribution in [1.82, 2.24) is 29.6 Å². The summed E-state index contributed by atoms with van der Waals surface area (Å²) in [5, 5.41) is 7.32. The third kappa shape index (κ3) is 3.56. The predicted octanol–water partition coefficient (Wildman–Crippen LogP) is 4.33. The van der Waals surface area contributed by atoms with Gasteiger partial charge in [-0.25, -0.2) is 9.67 Å². The number of rotatable bonds is 5. The highest BCUT2D eigenvalue weighted by Crippen LogP contribution is 2.47. The van der Waals surface area contributed by atoms with E-state index in [1.165, 1.54) is 11.1 Å². The van der Waals surface area contributed by atoms with Crippen molar-refractivity contribution in [3.8, 4) is 6.01 Å². The van der Waals surface area contributed by atoms with E-state index >= 15 is 0 Å². The monoisotopic (exact) mass is 473 g/mol. The maximum atomic E-state index is 13.2. The lowest BCUT2D eigenvalue weighted by molar-refractivity contribution is 0.382. The summed E-state index contributed by atoms with van der Waals surface area (Å²) in [6, 6.07) is 6.60. The molecule has 0 radical (unpaired) electrons. The van der Waals surface area contributed by atoms with Gasteiger partial charge in [-0.15, -0.1) is 0 Å². The largest absolute Gasteiger partial charge is 0.430 e. The summed E-state index contributed by atoms with van der Waals surface area (Å²) in [6.07, 6.45) is 6.43. The summed E-state index contributed by atoms with van der Waals surface area (Å²) in [7, 11) is 0. The zero-order chi connectivity index (χ0) is 24.5. The fourth-order valence-electron chi connectivity index (χ4n) is 5.01. The van der Waals surface area contributed by atoms with Gasteiger partial charge in [0.1, 0.15) is 11.6 Å². The summed E-state index contributed by atoms with van der Waals surface area (Å²) in [4.78, 5) is 27.2. The highest BCUT2D eigenvalue weighted by atomic mass is 16.4. The van der Waals surface area contributed by atoms with Gasteiger partial charge in [-0.3, -0.25) is 4.79 Å². The molecule has 35 heavy (non-hydrogen) atoms. The average Bonchev–Trinajstić information content (AvgIpc) is 3.25. The molecule has 2 N–H and O–H groups in total. The number of fused-ring (bicyclic) bond motifs is 2. The Morgan fingerprint density at radius 2 is 1.97 bits per heavy atom. The number of nitrogens with one attached hydrogen (secondary N) is 2. The van der Waals surface area contributed by atoms with E-state index in [9.17, 15) is 4.79 Å². The van der Waals surface area contributed by atoms with Crippen molar-refractivity contribution >= 4 is 22.7 Å². The van der Waals surface area contributed by atoms with Gasteiger partial charge in [0, 0.05) is 28.9 Å². The van der Waals surface area contributed by atoms with Gasteiger partial charge in [-0.1, -0.05) is 13.0 Å². The molecule has 6 rings (SSSR count). The third-order valence-electron chi connectivity index (χ3n) is 7.40. The van der Waals surface area contributed by atoms with Gasteiger partial charge in [0.15, 0.2) is 5.65 Å². The van der Waals surface area contributed by atoms with E-state index in [4.69, 9.17) is 14.4 Å². The lowest BCUT2D eigenvalue weighted by Gasteiger charge is -2.34. The first-order chi connectivity index (χ1) is 16.7. The molecule has 182 valence electrons. The van der Waals surface area contributed by atoms with Gasteiger partial charge in [0.05, 0.1) is 5.69 Å². The number of benzene rings is 1. The van der Waals surface area contributed by atoms with E-state index in [-0.39, 0.29) is 22.6 Å². The van der Waals surface area contributed by atoms with Gasteiger partial charge in [0.25, 0.3) is 5.56 Å². The van der Waals surface area contributed by atoms with E-state index < -0.39 is 0 Å². The second-order valence-corrected chi connectivity index (χ2v) is 10.9. The Balaban J connectivity index is 1.42. The molecule has 4 heterocycles. The first-order valence-corrected chi connectivity index (χ1v) is 12.3. The van der Waals surface area contributed by atoms with Crippen molar-refractivity contribution in [3.05, 3.63) is 57.8 Å². The van der Waals surface area contributed by atoms with Crippen LogP contribution in [0.4, 0.5) is 11.6 Å². The van der Waals surface area contributed by atoms with E-state index in [1.54, 1.807) is 21.8 Å². The number of nitrogens with zero attached hydrogens (tertiary/aromatic N) is 5. The quantitative estimate of drug-likeness (QED) is 0.445. The molecular weight excluding hydrogens is 442 g/mol. The van der Waals surface area contributed by atoms with Gasteiger partial charge in [-0.2, -0.15) is 14.6 Å². The van der Waals surface area contributed by atoms with Crippen molar-refractivity contribution in [2.75, 3.05) is 11.9 Å². The SMILES string of the molecule is CC(C)n1c(=O)c2cnc(Nc3ccc4c(c3)CCNC4(C)C)nc2n1-c1nc(C2(C)CC2)co1. The number of aromatic nitrogens is 5. The van der Waals surface area contributed by atoms with Crippen LogP contribution in [0.15, 0.2) is 39.9 Å². The maximum absolute atomic E-state index is 13.2. The highest BCUT2D eigenvalue weighted by Gasteiger charge is 2.42. The number of hydrogen-bond donors (Lipinski definition) is 2. The number of oxazole rings is 1. The molecule has 1 fully saturated rings. The van der Waals surface area contributed by atoms with Crippen LogP contribution in [-0.2, 0) is 17.4 Å². The molecular formula is C26H31N7O2. The molecule has 9 nitrogen and oxygen atoms in total. The van der Waals surface area contributed by atoms with Crippen molar-refractivity contribution in [3.63, 3.8) is 0 Å². The van der Waals surface area contributed by atoms with E-state index in [1.807, 2.05) is 19.9 Å². The predicted molar refractivity (Wildman–Crippen MR) is 135 cm³/mol. The zero-order valence-electron chi connectivity index (χ0n) is 20.8. The van der Waals surface area contributed by atoms with Crippen LogP contribution in [0.5, 0.6) is 0 Å². The van der Waals surface area contributed by atoms with Crippen LogP contribution in [0.2, 0.25) is 0 Å². The van der Waals surface area contributed by atoms with E-state index in [0.717, 1.165) is 37.2 Å². The minimum Gasteiger partial charge on any atom is -0.430 e. The maximum Gasteiger partial charge on any atom is 0.323 e. The zero-order valence-corrected chi connectivity index (χ0v) is 20.8. The van der Waals surface area contributed by atoms with E-state index in [0.29, 0.717) is 23.0 Å². The molecule has 1 aromatic carbocycles. The summed E-state index contributed by atoms with van der Waals surface area (Å²) >= 11 is 0. The lowest BCUT2D eigenvalue weighted by atomic mass is 9.85. The molecule has 3 aromatic heterocycles. The fourth-order valence-corrected chi connectivity index (χ4v) is 5.01. The van der Waals surface area contributed by atoms with Gasteiger partial charge >= 0.3 is 6.01 Å². The molecule has 0 amide bonds. The lowest BCUT2D eigenvalue weighted by Crippen LogP contribution is -2.42. The van der Waals surface area contributed by atoms with Crippen LogP contribution in [-0.4, -0.2) is 30.9 Å².